The molecule has 5 nitrogen and oxygen atoms in total. The zero-order chi connectivity index (χ0) is 20.4. The fraction of sp³-hybridized carbons (Fsp3) is 0.667. The number of anilines is 1. The van der Waals surface area contributed by atoms with Crippen molar-refractivity contribution in [1.29, 1.82) is 0 Å². The molecule has 5 heteroatoms. The van der Waals surface area contributed by atoms with Gasteiger partial charge in [0.15, 0.2) is 0 Å². The Hall–Kier alpha value is -1.88. The monoisotopic (exact) mass is 397 g/mol. The molecule has 158 valence electrons. The number of hydrogen-bond donors (Lipinski definition) is 1. The Bertz CT molecular complexity index is 741. The molecule has 1 N–H and O–H groups in total. The van der Waals surface area contributed by atoms with Gasteiger partial charge in [-0.1, -0.05) is 31.0 Å². The normalized spacial score (nSPS) is 27.7. The van der Waals surface area contributed by atoms with E-state index >= 15 is 0 Å². The van der Waals surface area contributed by atoms with Crippen molar-refractivity contribution in [3.63, 3.8) is 0 Å². The fourth-order valence-electron chi connectivity index (χ4n) is 5.68. The predicted molar refractivity (Wildman–Crippen MR) is 116 cm³/mol. The van der Waals surface area contributed by atoms with Crippen molar-refractivity contribution in [2.24, 2.45) is 17.8 Å². The maximum atomic E-state index is 13.7. The van der Waals surface area contributed by atoms with E-state index in [2.05, 4.69) is 24.4 Å². The summed E-state index contributed by atoms with van der Waals surface area (Å²) in [5, 5.41) is 3.26. The van der Waals surface area contributed by atoms with E-state index in [4.69, 9.17) is 0 Å². The number of piperidine rings is 1. The van der Waals surface area contributed by atoms with Crippen LogP contribution >= 0.6 is 0 Å². The third kappa shape index (κ3) is 4.07. The summed E-state index contributed by atoms with van der Waals surface area (Å²) in [6.45, 7) is 4.83. The van der Waals surface area contributed by atoms with Crippen LogP contribution < -0.4 is 10.2 Å². The van der Waals surface area contributed by atoms with Gasteiger partial charge in [-0.15, -0.1) is 0 Å². The molecule has 1 saturated carbocycles. The van der Waals surface area contributed by atoms with Crippen LogP contribution in [0.25, 0.3) is 0 Å². The van der Waals surface area contributed by atoms with Crippen molar-refractivity contribution in [1.82, 2.24) is 10.2 Å². The van der Waals surface area contributed by atoms with Crippen molar-refractivity contribution in [2.45, 2.75) is 57.9 Å². The summed E-state index contributed by atoms with van der Waals surface area (Å²) in [5.74, 6) is 0.753. The fourth-order valence-corrected chi connectivity index (χ4v) is 5.68. The van der Waals surface area contributed by atoms with E-state index in [1.54, 1.807) is 0 Å². The van der Waals surface area contributed by atoms with Crippen LogP contribution in [0.4, 0.5) is 5.69 Å². The van der Waals surface area contributed by atoms with Crippen molar-refractivity contribution in [2.75, 3.05) is 31.6 Å². The smallest absolute Gasteiger partial charge is 0.231 e. The molecule has 0 bridgehead atoms. The molecule has 0 radical (unpaired) electrons. The molecule has 2 heterocycles. The second-order valence-corrected chi connectivity index (χ2v) is 9.21. The molecule has 0 spiro atoms. The first-order valence-corrected chi connectivity index (χ1v) is 11.4. The van der Waals surface area contributed by atoms with Crippen LogP contribution in [-0.2, 0) is 16.0 Å². The molecule has 2 aliphatic heterocycles. The number of nitrogens with one attached hydrogen (secondary N) is 1. The summed E-state index contributed by atoms with van der Waals surface area (Å²) in [6.07, 6.45) is 6.85. The lowest BCUT2D eigenvalue weighted by Gasteiger charge is -2.39. The minimum atomic E-state index is -0.167. The number of fused-ring (bicyclic) bond motifs is 1. The SMILES string of the molecule is CNCC1CCN(C(=O)C2CCCCC2C(=O)N2c3ccccc3CC2C)CC1. The van der Waals surface area contributed by atoms with Crippen LogP contribution in [0, 0.1) is 17.8 Å². The van der Waals surface area contributed by atoms with Crippen LogP contribution in [0.15, 0.2) is 24.3 Å². The molecule has 0 aromatic heterocycles. The molecule has 3 atom stereocenters. The quantitative estimate of drug-likeness (QED) is 0.849. The third-order valence-electron chi connectivity index (χ3n) is 7.26. The van der Waals surface area contributed by atoms with Crippen molar-refractivity contribution < 1.29 is 9.59 Å². The second-order valence-electron chi connectivity index (χ2n) is 9.21. The molecule has 2 amide bonds. The van der Waals surface area contributed by atoms with E-state index in [0.29, 0.717) is 5.92 Å². The van der Waals surface area contributed by atoms with Gasteiger partial charge < -0.3 is 15.1 Å². The first kappa shape index (κ1) is 20.4. The van der Waals surface area contributed by atoms with Gasteiger partial charge in [0.05, 0.1) is 5.92 Å². The van der Waals surface area contributed by atoms with Gasteiger partial charge in [0, 0.05) is 30.7 Å². The number of carbonyl (C=O) groups excluding carboxylic acids is 2. The molecule has 3 aliphatic rings. The van der Waals surface area contributed by atoms with Gasteiger partial charge in [0.1, 0.15) is 0 Å². The number of para-hydroxylation sites is 1. The van der Waals surface area contributed by atoms with Gasteiger partial charge in [-0.2, -0.15) is 0 Å². The largest absolute Gasteiger partial charge is 0.342 e. The summed E-state index contributed by atoms with van der Waals surface area (Å²) < 4.78 is 0. The lowest BCUT2D eigenvalue weighted by atomic mass is 9.77. The second kappa shape index (κ2) is 8.86. The summed E-state index contributed by atoms with van der Waals surface area (Å²) in [5.41, 5.74) is 2.30. The summed E-state index contributed by atoms with van der Waals surface area (Å²) in [7, 11) is 1.99. The van der Waals surface area contributed by atoms with E-state index in [1.807, 2.05) is 29.0 Å². The molecule has 1 aliphatic carbocycles. The van der Waals surface area contributed by atoms with E-state index in [0.717, 1.165) is 70.3 Å². The molecule has 1 saturated heterocycles. The first-order chi connectivity index (χ1) is 14.1. The molecule has 3 unspecified atom stereocenters. The van der Waals surface area contributed by atoms with Crippen molar-refractivity contribution in [3.05, 3.63) is 29.8 Å². The molecule has 2 fully saturated rings. The first-order valence-electron chi connectivity index (χ1n) is 11.4. The van der Waals surface area contributed by atoms with Gasteiger partial charge >= 0.3 is 0 Å². The van der Waals surface area contributed by atoms with Crippen LogP contribution in [0.1, 0.15) is 51.0 Å². The van der Waals surface area contributed by atoms with Gasteiger partial charge in [0.2, 0.25) is 11.8 Å². The number of hydrogen-bond acceptors (Lipinski definition) is 3. The maximum Gasteiger partial charge on any atom is 0.231 e. The van der Waals surface area contributed by atoms with Gasteiger partial charge in [-0.3, -0.25) is 9.59 Å². The van der Waals surface area contributed by atoms with Crippen LogP contribution in [0.5, 0.6) is 0 Å². The van der Waals surface area contributed by atoms with Gasteiger partial charge in [0.25, 0.3) is 0 Å². The Balaban J connectivity index is 1.48. The summed E-state index contributed by atoms with van der Waals surface area (Å²) in [6, 6.07) is 8.41. The maximum absolute atomic E-state index is 13.7. The number of rotatable bonds is 4. The van der Waals surface area contributed by atoms with Gasteiger partial charge in [-0.25, -0.2) is 0 Å². The predicted octanol–water partition coefficient (Wildman–Crippen LogP) is 3.23. The van der Waals surface area contributed by atoms with Crippen LogP contribution in [-0.4, -0.2) is 49.4 Å². The number of benzene rings is 1. The highest BCUT2D eigenvalue weighted by molar-refractivity contribution is 6.00. The van der Waals surface area contributed by atoms with Crippen LogP contribution in [0.3, 0.4) is 0 Å². The van der Waals surface area contributed by atoms with E-state index in [1.165, 1.54) is 5.56 Å². The Morgan fingerprint density at radius 3 is 2.34 bits per heavy atom. The number of carbonyl (C=O) groups is 2. The molecular formula is C24H35N3O2. The van der Waals surface area contributed by atoms with E-state index < -0.39 is 0 Å². The summed E-state index contributed by atoms with van der Waals surface area (Å²) >= 11 is 0. The van der Waals surface area contributed by atoms with Crippen LogP contribution in [0.2, 0.25) is 0 Å². The van der Waals surface area contributed by atoms with E-state index in [9.17, 15) is 9.59 Å². The number of likely N-dealkylation sites (tertiary alicyclic amines) is 1. The average Bonchev–Trinajstić information content (AvgIpc) is 3.09. The molecular weight excluding hydrogens is 362 g/mol. The highest BCUT2D eigenvalue weighted by Gasteiger charge is 2.43. The number of amides is 2. The Labute approximate surface area is 174 Å². The molecule has 1 aromatic rings. The number of nitrogens with zero attached hydrogens (tertiary/aromatic N) is 2. The lowest BCUT2D eigenvalue weighted by molar-refractivity contribution is -0.144. The zero-order valence-corrected chi connectivity index (χ0v) is 17.9. The molecule has 4 rings (SSSR count). The highest BCUT2D eigenvalue weighted by Crippen LogP contribution is 2.39. The van der Waals surface area contributed by atoms with Crippen molar-refractivity contribution in [3.8, 4) is 0 Å². The van der Waals surface area contributed by atoms with Crippen molar-refractivity contribution >= 4 is 17.5 Å². The highest BCUT2D eigenvalue weighted by atomic mass is 16.2. The Morgan fingerprint density at radius 2 is 1.66 bits per heavy atom. The molecule has 1 aromatic carbocycles. The minimum Gasteiger partial charge on any atom is -0.342 e. The standard InChI is InChI=1S/C24H35N3O2/c1-17-15-19-7-3-6-10-22(19)27(17)24(29)21-9-5-4-8-20(21)23(28)26-13-11-18(12-14-26)16-25-2/h3,6-7,10,17-18,20-21,25H,4-5,8-9,11-16H2,1-2H3. The average molecular weight is 398 g/mol. The zero-order valence-electron chi connectivity index (χ0n) is 17.9. The topological polar surface area (TPSA) is 52.7 Å². The Morgan fingerprint density at radius 1 is 1.00 bits per heavy atom. The molecule has 29 heavy (non-hydrogen) atoms. The minimum absolute atomic E-state index is 0.142. The lowest BCUT2D eigenvalue weighted by Crippen LogP contribution is -2.50. The summed E-state index contributed by atoms with van der Waals surface area (Å²) in [4.78, 5) is 31.1. The van der Waals surface area contributed by atoms with E-state index in [-0.39, 0.29) is 29.7 Å². The van der Waals surface area contributed by atoms with Gasteiger partial charge in [-0.05, 0) is 70.2 Å². The third-order valence-corrected chi connectivity index (χ3v) is 7.26. The Kier molecular flexibility index (Phi) is 6.23.